The molecule has 2 N–H and O–H groups in total. The maximum Gasteiger partial charge on any atom is 0.270 e. The molecule has 2 heterocycles. The summed E-state index contributed by atoms with van der Waals surface area (Å²) >= 11 is 0. The zero-order chi connectivity index (χ0) is 21.2. The van der Waals surface area contributed by atoms with Gasteiger partial charge in [-0.15, -0.1) is 0 Å². The van der Waals surface area contributed by atoms with Gasteiger partial charge in [-0.05, 0) is 35.4 Å². The first-order valence-electron chi connectivity index (χ1n) is 10.6. The quantitative estimate of drug-likeness (QED) is 0.523. The van der Waals surface area contributed by atoms with Crippen LogP contribution < -0.4 is 0 Å². The van der Waals surface area contributed by atoms with Gasteiger partial charge in [-0.25, -0.2) is 0 Å². The number of nitrogens with zero attached hydrogens (tertiary/aromatic N) is 2. The van der Waals surface area contributed by atoms with E-state index in [2.05, 4.69) is 58.4 Å². The van der Waals surface area contributed by atoms with Gasteiger partial charge in [0, 0.05) is 37.1 Å². The molecule has 0 unspecified atom stereocenters. The van der Waals surface area contributed by atoms with E-state index in [9.17, 15) is 9.90 Å². The van der Waals surface area contributed by atoms with Crippen LogP contribution >= 0.6 is 0 Å². The Balaban J connectivity index is 1.34. The lowest BCUT2D eigenvalue weighted by atomic mass is 9.96. The molecule has 1 aliphatic rings. The molecule has 3 aromatic carbocycles. The minimum absolute atomic E-state index is 0.00584. The Morgan fingerprint density at radius 2 is 1.42 bits per heavy atom. The number of benzene rings is 3. The number of aromatic amines is 1. The summed E-state index contributed by atoms with van der Waals surface area (Å²) in [7, 11) is 0. The van der Waals surface area contributed by atoms with Crippen LogP contribution in [-0.4, -0.2) is 52.0 Å². The van der Waals surface area contributed by atoms with Gasteiger partial charge in [-0.3, -0.25) is 9.69 Å². The van der Waals surface area contributed by atoms with Crippen molar-refractivity contribution in [2.45, 2.75) is 6.04 Å². The fraction of sp³-hybridized carbons (Fsp3) is 0.192. The van der Waals surface area contributed by atoms with Crippen LogP contribution in [0.15, 0.2) is 84.9 Å². The Morgan fingerprint density at radius 1 is 0.806 bits per heavy atom. The molecular weight excluding hydrogens is 386 g/mol. The van der Waals surface area contributed by atoms with Gasteiger partial charge in [-0.2, -0.15) is 0 Å². The van der Waals surface area contributed by atoms with E-state index in [0.29, 0.717) is 18.8 Å². The van der Waals surface area contributed by atoms with Crippen LogP contribution in [0.2, 0.25) is 0 Å². The highest BCUT2D eigenvalue weighted by Crippen LogP contribution is 2.30. The van der Waals surface area contributed by atoms with Crippen molar-refractivity contribution in [1.29, 1.82) is 0 Å². The third kappa shape index (κ3) is 3.92. The van der Waals surface area contributed by atoms with Gasteiger partial charge < -0.3 is 15.0 Å². The van der Waals surface area contributed by atoms with E-state index >= 15 is 0 Å². The summed E-state index contributed by atoms with van der Waals surface area (Å²) in [6.45, 7) is 2.97. The van der Waals surface area contributed by atoms with Crippen molar-refractivity contribution in [2.75, 3.05) is 26.2 Å². The third-order valence-electron chi connectivity index (χ3n) is 6.03. The molecule has 0 radical (unpaired) electrons. The Bertz CT molecular complexity index is 1140. The van der Waals surface area contributed by atoms with Crippen molar-refractivity contribution in [3.63, 3.8) is 0 Å². The van der Waals surface area contributed by atoms with Crippen LogP contribution in [0.5, 0.6) is 5.75 Å². The number of aromatic nitrogens is 1. The lowest BCUT2D eigenvalue weighted by Crippen LogP contribution is -2.50. The Kier molecular flexibility index (Phi) is 5.18. The fourth-order valence-electron chi connectivity index (χ4n) is 4.47. The Morgan fingerprint density at radius 3 is 2.03 bits per heavy atom. The Labute approximate surface area is 181 Å². The number of aromatic hydroxyl groups is 1. The highest BCUT2D eigenvalue weighted by Gasteiger charge is 2.29. The van der Waals surface area contributed by atoms with Crippen LogP contribution in [0.4, 0.5) is 0 Å². The van der Waals surface area contributed by atoms with Gasteiger partial charge in [0.2, 0.25) is 0 Å². The summed E-state index contributed by atoms with van der Waals surface area (Å²) in [5.74, 6) is 0.207. The molecule has 0 bridgehead atoms. The lowest BCUT2D eigenvalue weighted by Gasteiger charge is -2.39. The van der Waals surface area contributed by atoms with Crippen molar-refractivity contribution >= 4 is 16.8 Å². The normalized spacial score (nSPS) is 14.9. The van der Waals surface area contributed by atoms with Crippen molar-refractivity contribution in [2.24, 2.45) is 0 Å². The zero-order valence-electron chi connectivity index (χ0n) is 17.2. The van der Waals surface area contributed by atoms with E-state index in [4.69, 9.17) is 0 Å². The van der Waals surface area contributed by atoms with Crippen molar-refractivity contribution < 1.29 is 9.90 Å². The number of rotatable bonds is 4. The maximum absolute atomic E-state index is 13.1. The minimum atomic E-state index is 0.00584. The number of H-pyrrole nitrogens is 1. The molecule has 5 rings (SSSR count). The standard InChI is InChI=1S/C26H25N3O2/c30-22-11-12-23-21(17-22)18-24(27-23)26(31)29-15-13-28(14-16-29)25(19-7-3-1-4-8-19)20-9-5-2-6-10-20/h1-12,17-18,25,27,30H,13-16H2. The third-order valence-corrected chi connectivity index (χ3v) is 6.03. The number of phenolic OH excluding ortho intramolecular Hbond substituents is 1. The molecule has 1 aromatic heterocycles. The molecule has 1 aliphatic heterocycles. The summed E-state index contributed by atoms with van der Waals surface area (Å²) < 4.78 is 0. The number of carbonyl (C=O) groups excluding carboxylic acids is 1. The van der Waals surface area contributed by atoms with Crippen molar-refractivity contribution in [3.8, 4) is 5.75 Å². The zero-order valence-corrected chi connectivity index (χ0v) is 17.2. The molecule has 5 heteroatoms. The average molecular weight is 412 g/mol. The molecule has 4 aromatic rings. The monoisotopic (exact) mass is 411 g/mol. The summed E-state index contributed by atoms with van der Waals surface area (Å²) in [5.41, 5.74) is 3.96. The molecular formula is C26H25N3O2. The lowest BCUT2D eigenvalue weighted by molar-refractivity contribution is 0.0592. The molecule has 0 aliphatic carbocycles. The molecule has 31 heavy (non-hydrogen) atoms. The van der Waals surface area contributed by atoms with Crippen LogP contribution in [0.3, 0.4) is 0 Å². The second-order valence-corrected chi connectivity index (χ2v) is 8.01. The smallest absolute Gasteiger partial charge is 0.270 e. The first-order chi connectivity index (χ1) is 15.2. The van der Waals surface area contributed by atoms with Crippen molar-refractivity contribution in [3.05, 3.63) is 102 Å². The van der Waals surface area contributed by atoms with Crippen LogP contribution in [-0.2, 0) is 0 Å². The maximum atomic E-state index is 13.1. The van der Waals surface area contributed by atoms with Gasteiger partial charge in [0.1, 0.15) is 11.4 Å². The molecule has 1 saturated heterocycles. The van der Waals surface area contributed by atoms with Crippen LogP contribution in [0, 0.1) is 0 Å². The second kappa shape index (κ2) is 8.28. The predicted octanol–water partition coefficient (Wildman–Crippen LogP) is 4.42. The van der Waals surface area contributed by atoms with Gasteiger partial charge in [0.05, 0.1) is 6.04 Å². The number of piperazine rings is 1. The van der Waals surface area contributed by atoms with E-state index in [0.717, 1.165) is 24.0 Å². The second-order valence-electron chi connectivity index (χ2n) is 8.01. The molecule has 0 atom stereocenters. The van der Waals surface area contributed by atoms with Crippen LogP contribution in [0.1, 0.15) is 27.7 Å². The predicted molar refractivity (Wildman–Crippen MR) is 122 cm³/mol. The number of nitrogens with one attached hydrogen (secondary N) is 1. The van der Waals surface area contributed by atoms with E-state index in [1.807, 2.05) is 23.1 Å². The SMILES string of the molecule is O=C(c1cc2cc(O)ccc2[nH]1)N1CCN(C(c2ccccc2)c2ccccc2)CC1. The van der Waals surface area contributed by atoms with E-state index in [1.54, 1.807) is 18.2 Å². The molecule has 1 fully saturated rings. The van der Waals surface area contributed by atoms with Gasteiger partial charge in [0.25, 0.3) is 5.91 Å². The summed E-state index contributed by atoms with van der Waals surface area (Å²) in [6, 6.07) is 28.2. The fourth-order valence-corrected chi connectivity index (χ4v) is 4.47. The van der Waals surface area contributed by atoms with Crippen molar-refractivity contribution in [1.82, 2.24) is 14.8 Å². The first kappa shape index (κ1) is 19.4. The summed E-state index contributed by atoms with van der Waals surface area (Å²) in [5, 5.41) is 10.5. The molecule has 1 amide bonds. The van der Waals surface area contributed by atoms with Gasteiger partial charge in [-0.1, -0.05) is 60.7 Å². The number of carbonyl (C=O) groups is 1. The molecule has 0 spiro atoms. The topological polar surface area (TPSA) is 59.6 Å². The van der Waals surface area contributed by atoms with Crippen LogP contribution in [0.25, 0.3) is 10.9 Å². The van der Waals surface area contributed by atoms with E-state index in [-0.39, 0.29) is 17.7 Å². The number of hydrogen-bond acceptors (Lipinski definition) is 3. The average Bonchev–Trinajstić information content (AvgIpc) is 3.24. The van der Waals surface area contributed by atoms with E-state index in [1.165, 1.54) is 11.1 Å². The first-order valence-corrected chi connectivity index (χ1v) is 10.6. The Hall–Kier alpha value is -3.57. The minimum Gasteiger partial charge on any atom is -0.508 e. The molecule has 156 valence electrons. The summed E-state index contributed by atoms with van der Waals surface area (Å²) in [4.78, 5) is 20.6. The number of fused-ring (bicyclic) bond motifs is 1. The highest BCUT2D eigenvalue weighted by molar-refractivity contribution is 5.98. The molecule has 5 nitrogen and oxygen atoms in total. The highest BCUT2D eigenvalue weighted by atomic mass is 16.3. The van der Waals surface area contributed by atoms with Gasteiger partial charge >= 0.3 is 0 Å². The number of amides is 1. The number of phenols is 1. The largest absolute Gasteiger partial charge is 0.508 e. The van der Waals surface area contributed by atoms with Gasteiger partial charge in [0.15, 0.2) is 0 Å². The molecule has 0 saturated carbocycles. The number of hydrogen-bond donors (Lipinski definition) is 2. The summed E-state index contributed by atoms with van der Waals surface area (Å²) in [6.07, 6.45) is 0. The van der Waals surface area contributed by atoms with E-state index < -0.39 is 0 Å².